The lowest BCUT2D eigenvalue weighted by Gasteiger charge is -2.13. The van der Waals surface area contributed by atoms with E-state index in [4.69, 9.17) is 4.74 Å². The van der Waals surface area contributed by atoms with Gasteiger partial charge in [0.1, 0.15) is 17.7 Å². The van der Waals surface area contributed by atoms with Crippen LogP contribution < -0.4 is 4.74 Å². The molecule has 18 heavy (non-hydrogen) atoms. The highest BCUT2D eigenvalue weighted by Crippen LogP contribution is 2.28. The number of nitrogens with zero attached hydrogens (tertiary/aromatic N) is 2. The maximum atomic E-state index is 13.2. The molecule has 0 fully saturated rings. The molecule has 0 aliphatic carbocycles. The van der Waals surface area contributed by atoms with Gasteiger partial charge in [-0.15, -0.1) is 0 Å². The molecule has 0 saturated carbocycles. The van der Waals surface area contributed by atoms with Crippen LogP contribution in [0.2, 0.25) is 0 Å². The van der Waals surface area contributed by atoms with Crippen molar-refractivity contribution < 1.29 is 14.2 Å². The quantitative estimate of drug-likeness (QED) is 0.902. The molecule has 0 bridgehead atoms. The van der Waals surface area contributed by atoms with E-state index in [-0.39, 0.29) is 5.82 Å². The number of hydrogen-bond donors (Lipinski definition) is 1. The van der Waals surface area contributed by atoms with Crippen molar-refractivity contribution in [1.29, 1.82) is 0 Å². The summed E-state index contributed by atoms with van der Waals surface area (Å²) >= 11 is 0. The molecule has 1 N–H and O–H groups in total. The molecule has 4 nitrogen and oxygen atoms in total. The van der Waals surface area contributed by atoms with Crippen molar-refractivity contribution in [3.8, 4) is 5.75 Å². The molecular weight excluding hydrogens is 235 g/mol. The fourth-order valence-corrected chi connectivity index (χ4v) is 1.60. The smallest absolute Gasteiger partial charge is 0.161 e. The molecule has 1 aromatic carbocycles. The van der Waals surface area contributed by atoms with Crippen LogP contribution in [0.5, 0.6) is 5.75 Å². The van der Waals surface area contributed by atoms with E-state index in [1.807, 2.05) is 6.92 Å². The zero-order valence-electron chi connectivity index (χ0n) is 10.1. The largest absolute Gasteiger partial charge is 0.496 e. The second-order valence-corrected chi connectivity index (χ2v) is 3.91. The van der Waals surface area contributed by atoms with Gasteiger partial charge in [-0.25, -0.2) is 14.4 Å². The molecule has 1 unspecified atom stereocenters. The Hall–Kier alpha value is -2.01. The second kappa shape index (κ2) is 5.10. The zero-order chi connectivity index (χ0) is 13.1. The molecule has 2 aromatic rings. The Labute approximate surface area is 104 Å². The molecule has 0 aliphatic heterocycles. The molecule has 0 spiro atoms. The van der Waals surface area contributed by atoms with Crippen molar-refractivity contribution in [3.63, 3.8) is 0 Å². The van der Waals surface area contributed by atoms with Crippen LogP contribution >= 0.6 is 0 Å². The van der Waals surface area contributed by atoms with E-state index in [9.17, 15) is 9.50 Å². The van der Waals surface area contributed by atoms with E-state index in [0.717, 1.165) is 5.56 Å². The minimum absolute atomic E-state index is 0.213. The lowest BCUT2D eigenvalue weighted by molar-refractivity contribution is 0.204. The summed E-state index contributed by atoms with van der Waals surface area (Å²) in [5, 5.41) is 10.1. The summed E-state index contributed by atoms with van der Waals surface area (Å²) in [6.07, 6.45) is 2.07. The van der Waals surface area contributed by atoms with Gasteiger partial charge in [0.2, 0.25) is 0 Å². The first-order valence-electron chi connectivity index (χ1n) is 5.42. The SMILES string of the molecule is COc1ccc(F)cc1C(O)c1ncc(C)cn1. The minimum Gasteiger partial charge on any atom is -0.496 e. The molecule has 1 heterocycles. The number of halogens is 1. The third kappa shape index (κ3) is 2.46. The van der Waals surface area contributed by atoms with Gasteiger partial charge in [-0.05, 0) is 30.7 Å². The van der Waals surface area contributed by atoms with Crippen molar-refractivity contribution >= 4 is 0 Å². The molecular formula is C13H13FN2O2. The van der Waals surface area contributed by atoms with E-state index in [2.05, 4.69) is 9.97 Å². The van der Waals surface area contributed by atoms with E-state index in [0.29, 0.717) is 11.3 Å². The molecule has 5 heteroatoms. The van der Waals surface area contributed by atoms with Gasteiger partial charge in [0.25, 0.3) is 0 Å². The van der Waals surface area contributed by atoms with E-state index in [1.54, 1.807) is 12.4 Å². The zero-order valence-corrected chi connectivity index (χ0v) is 10.1. The molecule has 1 atom stereocenters. The first kappa shape index (κ1) is 12.4. The molecule has 0 saturated heterocycles. The van der Waals surface area contributed by atoms with Crippen molar-refractivity contribution in [1.82, 2.24) is 9.97 Å². The Morgan fingerprint density at radius 1 is 1.28 bits per heavy atom. The van der Waals surface area contributed by atoms with Crippen molar-refractivity contribution in [2.75, 3.05) is 7.11 Å². The summed E-state index contributed by atoms with van der Waals surface area (Å²) in [4.78, 5) is 8.04. The lowest BCUT2D eigenvalue weighted by atomic mass is 10.1. The van der Waals surface area contributed by atoms with Crippen LogP contribution in [0.15, 0.2) is 30.6 Å². The fourth-order valence-electron chi connectivity index (χ4n) is 1.60. The van der Waals surface area contributed by atoms with Crippen molar-refractivity contribution in [2.24, 2.45) is 0 Å². The van der Waals surface area contributed by atoms with Gasteiger partial charge >= 0.3 is 0 Å². The van der Waals surface area contributed by atoms with Crippen molar-refractivity contribution in [3.05, 3.63) is 53.4 Å². The Kier molecular flexibility index (Phi) is 3.53. The standard InChI is InChI=1S/C13H13FN2O2/c1-8-6-15-13(16-7-8)12(17)10-5-9(14)3-4-11(10)18-2/h3-7,12,17H,1-2H3. The van der Waals surface area contributed by atoms with Crippen LogP contribution in [0.4, 0.5) is 4.39 Å². The van der Waals surface area contributed by atoms with E-state index in [1.165, 1.54) is 25.3 Å². The number of aliphatic hydroxyl groups excluding tert-OH is 1. The van der Waals surface area contributed by atoms with Crippen molar-refractivity contribution in [2.45, 2.75) is 13.0 Å². The summed E-state index contributed by atoms with van der Waals surface area (Å²) in [7, 11) is 1.46. The maximum absolute atomic E-state index is 13.2. The van der Waals surface area contributed by atoms with Crippen LogP contribution in [-0.2, 0) is 0 Å². The highest BCUT2D eigenvalue weighted by Gasteiger charge is 2.18. The summed E-state index contributed by atoms with van der Waals surface area (Å²) in [6.45, 7) is 1.85. The average Bonchev–Trinajstić information content (AvgIpc) is 2.39. The van der Waals surface area contributed by atoms with Crippen LogP contribution in [0.3, 0.4) is 0 Å². The van der Waals surface area contributed by atoms with E-state index < -0.39 is 11.9 Å². The predicted molar refractivity (Wildman–Crippen MR) is 63.8 cm³/mol. The number of hydrogen-bond acceptors (Lipinski definition) is 4. The second-order valence-electron chi connectivity index (χ2n) is 3.91. The average molecular weight is 248 g/mol. The Balaban J connectivity index is 2.41. The molecule has 0 aliphatic rings. The first-order valence-corrected chi connectivity index (χ1v) is 5.42. The number of methoxy groups -OCH3 is 1. The fraction of sp³-hybridized carbons (Fsp3) is 0.231. The summed E-state index contributed by atoms with van der Waals surface area (Å²) in [5.74, 6) is 0.162. The Morgan fingerprint density at radius 2 is 1.94 bits per heavy atom. The van der Waals surface area contributed by atoms with Crippen LogP contribution in [0, 0.1) is 12.7 Å². The monoisotopic (exact) mass is 248 g/mol. The number of rotatable bonds is 3. The predicted octanol–water partition coefficient (Wildman–Crippen LogP) is 2.01. The number of benzene rings is 1. The van der Waals surface area contributed by atoms with Gasteiger partial charge in [-0.3, -0.25) is 0 Å². The third-order valence-electron chi connectivity index (χ3n) is 2.53. The van der Waals surface area contributed by atoms with Crippen LogP contribution in [-0.4, -0.2) is 22.2 Å². The van der Waals surface area contributed by atoms with Crippen LogP contribution in [0.25, 0.3) is 0 Å². The molecule has 94 valence electrons. The molecule has 0 amide bonds. The Bertz CT molecular complexity index is 543. The normalized spacial score (nSPS) is 12.2. The van der Waals surface area contributed by atoms with Gasteiger partial charge < -0.3 is 9.84 Å². The van der Waals surface area contributed by atoms with Gasteiger partial charge in [-0.2, -0.15) is 0 Å². The van der Waals surface area contributed by atoms with Gasteiger partial charge in [0.05, 0.1) is 7.11 Å². The minimum atomic E-state index is -1.11. The van der Waals surface area contributed by atoms with Gasteiger partial charge in [0, 0.05) is 18.0 Å². The summed E-state index contributed by atoms with van der Waals surface area (Å²) < 4.78 is 18.3. The highest BCUT2D eigenvalue weighted by molar-refractivity contribution is 5.38. The topological polar surface area (TPSA) is 55.2 Å². The summed E-state index contributed by atoms with van der Waals surface area (Å²) in [5.41, 5.74) is 1.19. The number of ether oxygens (including phenoxy) is 1. The number of aliphatic hydroxyl groups is 1. The van der Waals surface area contributed by atoms with E-state index >= 15 is 0 Å². The third-order valence-corrected chi connectivity index (χ3v) is 2.53. The number of aromatic nitrogens is 2. The summed E-state index contributed by atoms with van der Waals surface area (Å²) in [6, 6.07) is 3.94. The van der Waals surface area contributed by atoms with Gasteiger partial charge in [0.15, 0.2) is 5.82 Å². The maximum Gasteiger partial charge on any atom is 0.161 e. The molecule has 2 rings (SSSR count). The molecule has 0 radical (unpaired) electrons. The molecule has 1 aromatic heterocycles. The van der Waals surface area contributed by atoms with Gasteiger partial charge in [-0.1, -0.05) is 0 Å². The highest BCUT2D eigenvalue weighted by atomic mass is 19.1. The first-order chi connectivity index (χ1) is 8.61. The van der Waals surface area contributed by atoms with Crippen LogP contribution in [0.1, 0.15) is 23.1 Å². The Morgan fingerprint density at radius 3 is 2.56 bits per heavy atom. The number of aryl methyl sites for hydroxylation is 1. The lowest BCUT2D eigenvalue weighted by Crippen LogP contribution is -2.07.